The Labute approximate surface area is 297 Å². The molecule has 51 heavy (non-hydrogen) atoms. The summed E-state index contributed by atoms with van der Waals surface area (Å²) in [5.74, 6) is -5.93. The lowest BCUT2D eigenvalue weighted by Gasteiger charge is -2.35. The van der Waals surface area contributed by atoms with Crippen LogP contribution in [-0.4, -0.2) is 76.6 Å². The highest BCUT2D eigenvalue weighted by molar-refractivity contribution is 6.31. The van der Waals surface area contributed by atoms with Gasteiger partial charge in [-0.3, -0.25) is 20.0 Å². The molecule has 1 saturated carbocycles. The fraction of sp³-hybridized carbons (Fsp3) is 0.389. The zero-order valence-corrected chi connectivity index (χ0v) is 28.3. The van der Waals surface area contributed by atoms with Gasteiger partial charge < -0.3 is 19.3 Å². The van der Waals surface area contributed by atoms with Gasteiger partial charge in [0.25, 0.3) is 0 Å². The zero-order valence-electron chi connectivity index (χ0n) is 27.6. The summed E-state index contributed by atoms with van der Waals surface area (Å²) in [5, 5.41) is 17.1. The highest BCUT2D eigenvalue weighted by Gasteiger charge is 2.40. The van der Waals surface area contributed by atoms with Crippen molar-refractivity contribution < 1.29 is 51.9 Å². The van der Waals surface area contributed by atoms with E-state index in [1.807, 2.05) is 24.3 Å². The van der Waals surface area contributed by atoms with Crippen LogP contribution >= 0.6 is 11.6 Å². The Bertz CT molecular complexity index is 1690. The minimum absolute atomic E-state index is 0.00140. The number of amides is 2. The average molecular weight is 736 g/mol. The summed E-state index contributed by atoms with van der Waals surface area (Å²) >= 11 is 6.34. The Hall–Kier alpha value is -4.21. The lowest BCUT2D eigenvalue weighted by molar-refractivity contribution is -0.492. The van der Waals surface area contributed by atoms with E-state index < -0.39 is 46.4 Å². The van der Waals surface area contributed by atoms with Crippen LogP contribution in [0.4, 0.5) is 22.4 Å². The van der Waals surface area contributed by atoms with E-state index in [1.165, 1.54) is 17.0 Å². The quantitative estimate of drug-likeness (QED) is 0.0681. The predicted octanol–water partition coefficient (Wildman–Crippen LogP) is 7.34. The summed E-state index contributed by atoms with van der Waals surface area (Å²) in [7, 11) is 0. The van der Waals surface area contributed by atoms with E-state index in [-0.39, 0.29) is 62.0 Å². The predicted molar refractivity (Wildman–Crippen MR) is 177 cm³/mol. The number of aryl methyl sites for hydroxylation is 1. The molecular formula is C36H38ClF4N3O7. The van der Waals surface area contributed by atoms with Gasteiger partial charge in [0, 0.05) is 29.7 Å². The zero-order chi connectivity index (χ0) is 36.5. The number of unbranched alkanes of at least 4 members (excludes halogenated alkanes) is 1. The summed E-state index contributed by atoms with van der Waals surface area (Å²) in [6.07, 6.45) is 4.33. The third-order valence-corrected chi connectivity index (χ3v) is 9.00. The molecule has 1 unspecified atom stereocenters. The molecule has 5 rings (SSSR count). The van der Waals surface area contributed by atoms with E-state index in [1.54, 1.807) is 17.0 Å². The smallest absolute Gasteiger partial charge is 0.410 e. The van der Waals surface area contributed by atoms with Gasteiger partial charge in [-0.25, -0.2) is 18.0 Å². The third-order valence-electron chi connectivity index (χ3n) is 8.64. The van der Waals surface area contributed by atoms with Crippen molar-refractivity contribution >= 4 is 29.2 Å². The molecule has 0 radical (unpaired) electrons. The van der Waals surface area contributed by atoms with Crippen molar-refractivity contribution in [2.24, 2.45) is 5.92 Å². The van der Waals surface area contributed by atoms with Gasteiger partial charge in [-0.2, -0.15) is 4.39 Å². The first kappa shape index (κ1) is 38.0. The molecule has 274 valence electrons. The van der Waals surface area contributed by atoms with E-state index in [0.717, 1.165) is 30.0 Å². The third kappa shape index (κ3) is 10.2. The number of nitrogens with zero attached hydrogens (tertiary/aromatic N) is 3. The normalized spacial score (nSPS) is 15.9. The summed E-state index contributed by atoms with van der Waals surface area (Å²) < 4.78 is 66.7. The molecule has 10 nitrogen and oxygen atoms in total. The van der Waals surface area contributed by atoms with Crippen LogP contribution in [0.2, 0.25) is 5.02 Å². The van der Waals surface area contributed by atoms with Gasteiger partial charge in [-0.05, 0) is 79.5 Å². The summed E-state index contributed by atoms with van der Waals surface area (Å²) in [4.78, 5) is 35.0. The van der Waals surface area contributed by atoms with Crippen molar-refractivity contribution in [3.8, 4) is 5.75 Å². The van der Waals surface area contributed by atoms with Gasteiger partial charge in [0.1, 0.15) is 5.82 Å². The molecule has 3 aromatic rings. The van der Waals surface area contributed by atoms with Crippen LogP contribution in [0.1, 0.15) is 48.8 Å². The number of carbonyl (C=O) groups is 2. The van der Waals surface area contributed by atoms with Gasteiger partial charge in [-0.1, -0.05) is 48.0 Å². The number of hydrogen-bond donors (Lipinski definition) is 2. The Morgan fingerprint density at radius 1 is 0.882 bits per heavy atom. The van der Waals surface area contributed by atoms with Crippen molar-refractivity contribution in [2.45, 2.75) is 51.1 Å². The largest absolute Gasteiger partial charge is 0.488 e. The molecule has 1 atom stereocenters. The lowest BCUT2D eigenvalue weighted by atomic mass is 9.87. The van der Waals surface area contributed by atoms with Gasteiger partial charge in [0.05, 0.1) is 37.7 Å². The fourth-order valence-corrected chi connectivity index (χ4v) is 6.03. The molecular weight excluding hydrogens is 698 g/mol. The van der Waals surface area contributed by atoms with E-state index in [9.17, 15) is 27.2 Å². The molecule has 0 saturated heterocycles. The van der Waals surface area contributed by atoms with E-state index in [0.29, 0.717) is 37.3 Å². The van der Waals surface area contributed by atoms with Crippen molar-refractivity contribution in [2.75, 3.05) is 32.9 Å². The maximum Gasteiger partial charge on any atom is 0.410 e. The van der Waals surface area contributed by atoms with Crippen LogP contribution in [0.5, 0.6) is 5.75 Å². The first-order chi connectivity index (χ1) is 24.5. The molecule has 0 bridgehead atoms. The number of rotatable bonds is 16. The number of hydrogen-bond acceptors (Lipinski definition) is 8. The van der Waals surface area contributed by atoms with Crippen molar-refractivity contribution in [3.05, 3.63) is 106 Å². The molecule has 0 spiro atoms. The van der Waals surface area contributed by atoms with Crippen LogP contribution in [0.25, 0.3) is 5.57 Å². The first-order valence-electron chi connectivity index (χ1n) is 16.5. The van der Waals surface area contributed by atoms with Crippen molar-refractivity contribution in [3.63, 3.8) is 0 Å². The molecule has 3 aromatic carbocycles. The number of ether oxygens (including phenoxy) is 2. The summed E-state index contributed by atoms with van der Waals surface area (Å²) in [5.41, 5.74) is 2.53. The molecule has 0 aromatic heterocycles. The van der Waals surface area contributed by atoms with Gasteiger partial charge in [0.15, 0.2) is 17.4 Å². The number of halogens is 5. The average Bonchev–Trinajstić information content (AvgIpc) is 3.96. The molecule has 2 N–H and O–H groups in total. The van der Waals surface area contributed by atoms with Crippen LogP contribution in [0, 0.1) is 29.2 Å². The van der Waals surface area contributed by atoms with Gasteiger partial charge in [-0.15, -0.1) is 0 Å². The van der Waals surface area contributed by atoms with Crippen molar-refractivity contribution in [1.29, 1.82) is 0 Å². The Kier molecular flexibility index (Phi) is 13.3. The summed E-state index contributed by atoms with van der Waals surface area (Å²) in [6.45, 7) is 0.143. The fourth-order valence-electron chi connectivity index (χ4n) is 5.81. The molecule has 1 fully saturated rings. The van der Waals surface area contributed by atoms with Gasteiger partial charge >= 0.3 is 6.09 Å². The van der Waals surface area contributed by atoms with Crippen LogP contribution in [-0.2, 0) is 27.3 Å². The van der Waals surface area contributed by atoms with Crippen LogP contribution < -0.4 is 4.74 Å². The topological polar surface area (TPSA) is 112 Å². The number of benzene rings is 3. The second-order valence-electron chi connectivity index (χ2n) is 12.2. The van der Waals surface area contributed by atoms with Crippen LogP contribution in [0.3, 0.4) is 0 Å². The molecule has 2 amide bonds. The Morgan fingerprint density at radius 2 is 1.61 bits per heavy atom. The maximum atomic E-state index is 14.8. The standard InChI is InChI=1S/C36H38ClF4N3O7/c37-29-6-3-7-30(38)28(29)22-43(25-12-13-25)35(45)27-21-42(36(46)50-18-1-2-20-51-44(47)48)17-16-26(27)24-10-8-23(9-11-24)5-4-19-49-34-32(40)15-14-31(39)33(34)41/h3,6-11,14-16,25,27,47-48H,1-2,4-5,12-13,17-22H2. The van der Waals surface area contributed by atoms with Crippen LogP contribution in [0.15, 0.2) is 60.7 Å². The van der Waals surface area contributed by atoms with E-state index >= 15 is 0 Å². The van der Waals surface area contributed by atoms with Gasteiger partial charge in [0.2, 0.25) is 11.7 Å². The van der Waals surface area contributed by atoms with E-state index in [2.05, 4.69) is 4.84 Å². The second kappa shape index (κ2) is 17.8. The molecule has 2 aliphatic rings. The first-order valence-corrected chi connectivity index (χ1v) is 16.9. The highest BCUT2D eigenvalue weighted by atomic mass is 35.5. The second-order valence-corrected chi connectivity index (χ2v) is 12.7. The highest BCUT2D eigenvalue weighted by Crippen LogP contribution is 2.36. The van der Waals surface area contributed by atoms with Crippen molar-refractivity contribution in [1.82, 2.24) is 15.2 Å². The summed E-state index contributed by atoms with van der Waals surface area (Å²) in [6, 6.07) is 13.2. The minimum Gasteiger partial charge on any atom is -0.488 e. The maximum absolute atomic E-state index is 14.8. The monoisotopic (exact) mass is 735 g/mol. The molecule has 1 aliphatic heterocycles. The lowest BCUT2D eigenvalue weighted by Crippen LogP contribution is -2.47. The molecule has 1 heterocycles. The Morgan fingerprint density at radius 3 is 2.31 bits per heavy atom. The SMILES string of the molecule is O=C(OCCCCON(O)O)N1CC=C(c2ccc(CCCOc3c(F)ccc(F)c3F)cc2)C(C(=O)N(Cc2c(F)cccc2Cl)C2CC2)C1. The minimum atomic E-state index is -1.38. The van der Waals surface area contributed by atoms with E-state index in [4.69, 9.17) is 31.5 Å². The number of carbonyl (C=O) groups excluding carboxylic acids is 2. The molecule has 1 aliphatic carbocycles. The molecule has 15 heteroatoms. The Balaban J connectivity index is 1.28.